The van der Waals surface area contributed by atoms with E-state index >= 15 is 0 Å². The van der Waals surface area contributed by atoms with Crippen molar-refractivity contribution in [2.45, 2.75) is 58.4 Å². The first-order chi connectivity index (χ1) is 6.50. The van der Waals surface area contributed by atoms with E-state index in [1.807, 2.05) is 0 Å². The molecule has 0 aliphatic rings. The third-order valence-corrected chi connectivity index (χ3v) is 2.01. The molecular formula is C11H19NO2. The largest absolute Gasteiger partial charge is 0.275 e. The average Bonchev–Trinajstić information content (AvgIpc) is 2.10. The summed E-state index contributed by atoms with van der Waals surface area (Å²) in [6.45, 7) is 5.22. The Kier molecular flexibility index (Phi) is 5.94. The van der Waals surface area contributed by atoms with E-state index in [1.165, 1.54) is 33.1 Å². The minimum atomic E-state index is -1.09. The van der Waals surface area contributed by atoms with Gasteiger partial charge in [-0.15, -0.1) is 0 Å². The van der Waals surface area contributed by atoms with Crippen LogP contribution in [0.2, 0.25) is 0 Å². The van der Waals surface area contributed by atoms with Crippen molar-refractivity contribution in [1.29, 1.82) is 0 Å². The maximum Gasteiger partial charge on any atom is 0.275 e. The van der Waals surface area contributed by atoms with Gasteiger partial charge >= 0.3 is 0 Å². The minimum absolute atomic E-state index is 0.341. The fourth-order valence-electron chi connectivity index (χ4n) is 0.965. The summed E-state index contributed by atoms with van der Waals surface area (Å²) in [5.41, 5.74) is -1.09. The molecule has 0 aliphatic carbocycles. The van der Waals surface area contributed by atoms with Gasteiger partial charge in [0.25, 0.3) is 5.54 Å². The SMILES string of the molecule is CCCCCCC#CC(C)(C)[N+](=O)[O-]. The van der Waals surface area contributed by atoms with E-state index in [-0.39, 0.29) is 4.92 Å². The lowest BCUT2D eigenvalue weighted by Crippen LogP contribution is -2.28. The van der Waals surface area contributed by atoms with Gasteiger partial charge in [-0.3, -0.25) is 10.1 Å². The number of hydrogen-bond acceptors (Lipinski definition) is 2. The highest BCUT2D eigenvalue weighted by atomic mass is 16.6. The highest BCUT2D eigenvalue weighted by molar-refractivity contribution is 5.10. The number of nitro groups is 1. The molecule has 0 aromatic heterocycles. The monoisotopic (exact) mass is 197 g/mol. The van der Waals surface area contributed by atoms with Crippen LogP contribution in [0.5, 0.6) is 0 Å². The van der Waals surface area contributed by atoms with Crippen molar-refractivity contribution >= 4 is 0 Å². The summed E-state index contributed by atoms with van der Waals surface area (Å²) in [4.78, 5) is 10.1. The van der Waals surface area contributed by atoms with Gasteiger partial charge in [-0.25, -0.2) is 0 Å². The maximum atomic E-state index is 10.5. The van der Waals surface area contributed by atoms with Gasteiger partial charge in [0, 0.05) is 25.2 Å². The molecule has 0 unspecified atom stereocenters. The first kappa shape index (κ1) is 13.0. The standard InChI is InChI=1S/C11H19NO2/c1-4-5-6-7-8-9-10-11(2,3)12(13)14/h4-8H2,1-3H3. The van der Waals surface area contributed by atoms with Crippen LogP contribution in [0.25, 0.3) is 0 Å². The summed E-state index contributed by atoms with van der Waals surface area (Å²) < 4.78 is 0. The molecule has 0 atom stereocenters. The van der Waals surface area contributed by atoms with Crippen LogP contribution >= 0.6 is 0 Å². The van der Waals surface area contributed by atoms with E-state index in [0.29, 0.717) is 0 Å². The molecule has 3 nitrogen and oxygen atoms in total. The van der Waals surface area contributed by atoms with E-state index in [4.69, 9.17) is 0 Å². The van der Waals surface area contributed by atoms with Crippen LogP contribution in [0, 0.1) is 22.0 Å². The smallest absolute Gasteiger partial charge is 0.263 e. The van der Waals surface area contributed by atoms with Crippen molar-refractivity contribution in [2.75, 3.05) is 0 Å². The van der Waals surface area contributed by atoms with Crippen molar-refractivity contribution in [3.05, 3.63) is 10.1 Å². The van der Waals surface area contributed by atoms with Crippen LogP contribution in [0.3, 0.4) is 0 Å². The predicted octanol–water partition coefficient (Wildman–Crippen LogP) is 3.02. The molecule has 0 saturated carbocycles. The molecule has 0 saturated heterocycles. The van der Waals surface area contributed by atoms with Gasteiger partial charge in [0.15, 0.2) is 0 Å². The molecule has 0 aliphatic heterocycles. The van der Waals surface area contributed by atoms with Gasteiger partial charge in [-0.05, 0) is 12.3 Å². The van der Waals surface area contributed by atoms with Crippen LogP contribution in [0.15, 0.2) is 0 Å². The molecule has 0 aromatic carbocycles. The number of rotatable bonds is 5. The summed E-state index contributed by atoms with van der Waals surface area (Å²) in [7, 11) is 0. The van der Waals surface area contributed by atoms with Crippen molar-refractivity contribution in [2.24, 2.45) is 0 Å². The zero-order valence-corrected chi connectivity index (χ0v) is 9.30. The Labute approximate surface area is 86.0 Å². The Morgan fingerprint density at radius 2 is 1.93 bits per heavy atom. The Morgan fingerprint density at radius 1 is 1.29 bits per heavy atom. The van der Waals surface area contributed by atoms with E-state index in [9.17, 15) is 10.1 Å². The lowest BCUT2D eigenvalue weighted by molar-refractivity contribution is -0.542. The molecular weight excluding hydrogens is 178 g/mol. The van der Waals surface area contributed by atoms with Gasteiger partial charge in [0.05, 0.1) is 0 Å². The Balaban J connectivity index is 3.76. The molecule has 0 rings (SSSR count). The highest BCUT2D eigenvalue weighted by Gasteiger charge is 2.26. The van der Waals surface area contributed by atoms with Gasteiger partial charge in [0.1, 0.15) is 0 Å². The Hall–Kier alpha value is -1.04. The fraction of sp³-hybridized carbons (Fsp3) is 0.818. The summed E-state index contributed by atoms with van der Waals surface area (Å²) >= 11 is 0. The zero-order valence-electron chi connectivity index (χ0n) is 9.30. The summed E-state index contributed by atoms with van der Waals surface area (Å²) in [5, 5.41) is 10.5. The van der Waals surface area contributed by atoms with Crippen molar-refractivity contribution in [3.63, 3.8) is 0 Å². The molecule has 0 heterocycles. The van der Waals surface area contributed by atoms with Crippen LogP contribution < -0.4 is 0 Å². The van der Waals surface area contributed by atoms with Crippen LogP contribution in [0.1, 0.15) is 52.9 Å². The highest BCUT2D eigenvalue weighted by Crippen LogP contribution is 2.06. The number of nitrogens with zero attached hydrogens (tertiary/aromatic N) is 1. The van der Waals surface area contributed by atoms with E-state index in [1.54, 1.807) is 0 Å². The minimum Gasteiger partial charge on any atom is -0.263 e. The van der Waals surface area contributed by atoms with E-state index < -0.39 is 5.54 Å². The van der Waals surface area contributed by atoms with Gasteiger partial charge in [-0.2, -0.15) is 0 Å². The first-order valence-electron chi connectivity index (χ1n) is 5.15. The fourth-order valence-corrected chi connectivity index (χ4v) is 0.965. The van der Waals surface area contributed by atoms with Crippen LogP contribution in [-0.2, 0) is 0 Å². The lowest BCUT2D eigenvalue weighted by Gasteiger charge is -2.05. The van der Waals surface area contributed by atoms with E-state index in [0.717, 1.165) is 12.8 Å². The van der Waals surface area contributed by atoms with Crippen LogP contribution in [0.4, 0.5) is 0 Å². The topological polar surface area (TPSA) is 43.1 Å². The quantitative estimate of drug-likeness (QED) is 0.294. The lowest BCUT2D eigenvalue weighted by atomic mass is 10.1. The molecule has 3 heteroatoms. The van der Waals surface area contributed by atoms with Gasteiger partial charge in [0.2, 0.25) is 0 Å². The molecule has 0 N–H and O–H groups in total. The molecule has 14 heavy (non-hydrogen) atoms. The second kappa shape index (κ2) is 6.42. The second-order valence-corrected chi connectivity index (χ2v) is 3.93. The molecule has 0 bridgehead atoms. The molecule has 0 amide bonds. The van der Waals surface area contributed by atoms with Crippen molar-refractivity contribution in [3.8, 4) is 11.8 Å². The summed E-state index contributed by atoms with van der Waals surface area (Å²) in [5.74, 6) is 5.56. The van der Waals surface area contributed by atoms with E-state index in [2.05, 4.69) is 18.8 Å². The van der Waals surface area contributed by atoms with Crippen molar-refractivity contribution < 1.29 is 4.92 Å². The van der Waals surface area contributed by atoms with Crippen LogP contribution in [-0.4, -0.2) is 10.5 Å². The zero-order chi connectivity index (χ0) is 11.0. The van der Waals surface area contributed by atoms with Crippen molar-refractivity contribution in [1.82, 2.24) is 0 Å². The number of hydrogen-bond donors (Lipinski definition) is 0. The van der Waals surface area contributed by atoms with Gasteiger partial charge in [-0.1, -0.05) is 32.1 Å². The Morgan fingerprint density at radius 3 is 2.43 bits per heavy atom. The normalized spacial score (nSPS) is 10.5. The Bertz CT molecular complexity index is 235. The predicted molar refractivity (Wildman–Crippen MR) is 57.6 cm³/mol. The second-order valence-electron chi connectivity index (χ2n) is 3.93. The molecule has 0 radical (unpaired) electrons. The maximum absolute atomic E-state index is 10.5. The molecule has 0 spiro atoms. The first-order valence-corrected chi connectivity index (χ1v) is 5.15. The molecule has 0 aromatic rings. The summed E-state index contributed by atoms with van der Waals surface area (Å²) in [6, 6.07) is 0. The number of unbranched alkanes of at least 4 members (excludes halogenated alkanes) is 4. The average molecular weight is 197 g/mol. The third-order valence-electron chi connectivity index (χ3n) is 2.01. The summed E-state index contributed by atoms with van der Waals surface area (Å²) in [6.07, 6.45) is 5.42. The van der Waals surface area contributed by atoms with Gasteiger partial charge < -0.3 is 0 Å². The third kappa shape index (κ3) is 5.58. The molecule has 0 fully saturated rings. The molecule has 80 valence electrons.